The highest BCUT2D eigenvalue weighted by Crippen LogP contribution is 2.08. The second-order valence-corrected chi connectivity index (χ2v) is 5.18. The topological polar surface area (TPSA) is 37.3 Å². The Balaban J connectivity index is 3.10. The lowest BCUT2D eigenvalue weighted by Crippen LogP contribution is -1.93. The molecular weight excluding hydrogens is 236 g/mol. The van der Waals surface area contributed by atoms with Gasteiger partial charge in [-0.25, -0.2) is 0 Å². The molecule has 0 aliphatic carbocycles. The van der Waals surface area contributed by atoms with Gasteiger partial charge in [0.05, 0.1) is 0 Å². The fraction of sp³-hybridized carbons (Fsp3) is 0.824. The van der Waals surface area contributed by atoms with Crippen LogP contribution in [0.2, 0.25) is 0 Å². The maximum atomic E-state index is 10.3. The lowest BCUT2D eigenvalue weighted by molar-refractivity contribution is -0.137. The van der Waals surface area contributed by atoms with Crippen molar-refractivity contribution in [2.24, 2.45) is 0 Å². The summed E-state index contributed by atoms with van der Waals surface area (Å²) < 4.78 is 0. The summed E-state index contributed by atoms with van der Waals surface area (Å²) >= 11 is 0. The highest BCUT2D eigenvalue weighted by atomic mass is 16.4. The Morgan fingerprint density at radius 2 is 1.26 bits per heavy atom. The number of carbonyl (C=O) groups is 1. The molecule has 0 aromatic rings. The van der Waals surface area contributed by atoms with Crippen molar-refractivity contribution in [1.29, 1.82) is 0 Å². The predicted molar refractivity (Wildman–Crippen MR) is 81.1 cm³/mol. The lowest BCUT2D eigenvalue weighted by Gasteiger charge is -1.98. The zero-order valence-corrected chi connectivity index (χ0v) is 12.5. The van der Waals surface area contributed by atoms with Crippen molar-refractivity contribution in [3.63, 3.8) is 0 Å². The SMILES string of the molecule is CCCCCCC#CCCCCCCCCC(=O)O. The molecule has 0 bridgehead atoms. The first-order chi connectivity index (χ1) is 9.27. The molecule has 0 atom stereocenters. The second kappa shape index (κ2) is 15.1. The first-order valence-electron chi connectivity index (χ1n) is 7.95. The lowest BCUT2D eigenvalue weighted by atomic mass is 10.1. The molecule has 0 aromatic heterocycles. The Morgan fingerprint density at radius 1 is 0.789 bits per heavy atom. The van der Waals surface area contributed by atoms with Crippen molar-refractivity contribution < 1.29 is 9.90 Å². The number of rotatable bonds is 12. The van der Waals surface area contributed by atoms with Crippen molar-refractivity contribution >= 4 is 5.97 Å². The van der Waals surface area contributed by atoms with E-state index < -0.39 is 5.97 Å². The molecule has 0 amide bonds. The van der Waals surface area contributed by atoms with Crippen LogP contribution in [0, 0.1) is 11.8 Å². The molecule has 1 N–H and O–H groups in total. The van der Waals surface area contributed by atoms with E-state index in [0.29, 0.717) is 6.42 Å². The summed E-state index contributed by atoms with van der Waals surface area (Å²) in [5.74, 6) is 5.83. The molecule has 0 radical (unpaired) electrons. The Morgan fingerprint density at radius 3 is 1.79 bits per heavy atom. The summed E-state index contributed by atoms with van der Waals surface area (Å²) in [6.45, 7) is 2.23. The van der Waals surface area contributed by atoms with Gasteiger partial charge in [-0.2, -0.15) is 0 Å². The second-order valence-electron chi connectivity index (χ2n) is 5.18. The smallest absolute Gasteiger partial charge is 0.303 e. The molecule has 19 heavy (non-hydrogen) atoms. The Bertz CT molecular complexity index is 260. The summed E-state index contributed by atoms with van der Waals surface area (Å²) in [5.41, 5.74) is 0. The molecular formula is C17H30O2. The largest absolute Gasteiger partial charge is 0.481 e. The number of aliphatic carboxylic acids is 1. The maximum absolute atomic E-state index is 10.3. The summed E-state index contributed by atoms with van der Waals surface area (Å²) in [5, 5.41) is 8.49. The van der Waals surface area contributed by atoms with E-state index in [1.54, 1.807) is 0 Å². The maximum Gasteiger partial charge on any atom is 0.303 e. The standard InChI is InChI=1S/C17H30O2/c1-2-3-4-5-6-7-8-9-10-11-12-13-14-15-16-17(18)19/h2-6,9-16H2,1H3,(H,18,19). The van der Waals surface area contributed by atoms with Gasteiger partial charge in [0.25, 0.3) is 0 Å². The summed E-state index contributed by atoms with van der Waals surface area (Å²) in [7, 11) is 0. The highest BCUT2D eigenvalue weighted by Gasteiger charge is 1.96. The van der Waals surface area contributed by atoms with Gasteiger partial charge in [0.15, 0.2) is 0 Å². The van der Waals surface area contributed by atoms with Gasteiger partial charge in [-0.15, -0.1) is 11.8 Å². The third kappa shape index (κ3) is 17.0. The van der Waals surface area contributed by atoms with Gasteiger partial charge in [0, 0.05) is 19.3 Å². The molecule has 2 nitrogen and oxygen atoms in total. The third-order valence-electron chi connectivity index (χ3n) is 3.22. The van der Waals surface area contributed by atoms with Crippen LogP contribution in [-0.4, -0.2) is 11.1 Å². The first-order valence-corrected chi connectivity index (χ1v) is 7.95. The summed E-state index contributed by atoms with van der Waals surface area (Å²) in [6.07, 6.45) is 14.3. The van der Waals surface area contributed by atoms with Crippen LogP contribution in [0.3, 0.4) is 0 Å². The molecule has 0 aliphatic heterocycles. The normalized spacial score (nSPS) is 9.95. The van der Waals surface area contributed by atoms with Crippen molar-refractivity contribution in [3.8, 4) is 11.8 Å². The minimum atomic E-state index is -0.672. The number of carboxylic acids is 1. The van der Waals surface area contributed by atoms with E-state index in [2.05, 4.69) is 18.8 Å². The number of hydrogen-bond donors (Lipinski definition) is 1. The monoisotopic (exact) mass is 266 g/mol. The fourth-order valence-corrected chi connectivity index (χ4v) is 2.01. The first kappa shape index (κ1) is 18.0. The molecule has 110 valence electrons. The molecule has 0 aromatic carbocycles. The third-order valence-corrected chi connectivity index (χ3v) is 3.22. The number of carboxylic acid groups (broad SMARTS) is 1. The number of hydrogen-bond acceptors (Lipinski definition) is 1. The van der Waals surface area contributed by atoms with Crippen LogP contribution in [0.15, 0.2) is 0 Å². The van der Waals surface area contributed by atoms with Crippen LogP contribution in [0.4, 0.5) is 0 Å². The quantitative estimate of drug-likeness (QED) is 0.391. The molecule has 0 heterocycles. The molecule has 0 rings (SSSR count). The molecule has 0 fully saturated rings. The molecule has 0 spiro atoms. The van der Waals surface area contributed by atoms with E-state index in [-0.39, 0.29) is 0 Å². The molecule has 0 aliphatic rings. The molecule has 2 heteroatoms. The van der Waals surface area contributed by atoms with Crippen molar-refractivity contribution in [1.82, 2.24) is 0 Å². The van der Waals surface area contributed by atoms with Crippen molar-refractivity contribution in [2.45, 2.75) is 90.4 Å². The van der Waals surface area contributed by atoms with Crippen LogP contribution in [0.25, 0.3) is 0 Å². The molecule has 0 saturated carbocycles. The van der Waals surface area contributed by atoms with Gasteiger partial charge >= 0.3 is 5.97 Å². The van der Waals surface area contributed by atoms with E-state index in [1.165, 1.54) is 44.9 Å². The zero-order valence-electron chi connectivity index (χ0n) is 12.5. The molecule has 0 unspecified atom stereocenters. The van der Waals surface area contributed by atoms with Gasteiger partial charge in [-0.1, -0.05) is 51.9 Å². The fourth-order valence-electron chi connectivity index (χ4n) is 2.01. The average Bonchev–Trinajstić information content (AvgIpc) is 2.39. The Hall–Kier alpha value is -0.970. The van der Waals surface area contributed by atoms with Gasteiger partial charge in [-0.3, -0.25) is 4.79 Å². The van der Waals surface area contributed by atoms with Crippen LogP contribution in [0.5, 0.6) is 0 Å². The summed E-state index contributed by atoms with van der Waals surface area (Å²) in [4.78, 5) is 10.3. The van der Waals surface area contributed by atoms with Crippen LogP contribution in [0.1, 0.15) is 90.4 Å². The van der Waals surface area contributed by atoms with Crippen LogP contribution >= 0.6 is 0 Å². The van der Waals surface area contributed by atoms with Crippen molar-refractivity contribution in [2.75, 3.05) is 0 Å². The van der Waals surface area contributed by atoms with E-state index in [9.17, 15) is 4.79 Å². The minimum absolute atomic E-state index is 0.323. The number of unbranched alkanes of at least 4 members (excludes halogenated alkanes) is 10. The van der Waals surface area contributed by atoms with Gasteiger partial charge < -0.3 is 5.11 Å². The molecule has 0 saturated heterocycles. The van der Waals surface area contributed by atoms with E-state index in [4.69, 9.17) is 5.11 Å². The Labute approximate surface area is 119 Å². The van der Waals surface area contributed by atoms with Gasteiger partial charge in [0.1, 0.15) is 0 Å². The van der Waals surface area contributed by atoms with E-state index in [0.717, 1.165) is 32.1 Å². The highest BCUT2D eigenvalue weighted by molar-refractivity contribution is 5.66. The Kier molecular flexibility index (Phi) is 14.3. The van der Waals surface area contributed by atoms with Gasteiger partial charge in [-0.05, 0) is 19.3 Å². The summed E-state index contributed by atoms with van der Waals surface area (Å²) in [6, 6.07) is 0. The van der Waals surface area contributed by atoms with Crippen LogP contribution in [-0.2, 0) is 4.79 Å². The minimum Gasteiger partial charge on any atom is -0.481 e. The van der Waals surface area contributed by atoms with E-state index in [1.807, 2.05) is 0 Å². The average molecular weight is 266 g/mol. The van der Waals surface area contributed by atoms with E-state index >= 15 is 0 Å². The van der Waals surface area contributed by atoms with Gasteiger partial charge in [0.2, 0.25) is 0 Å². The zero-order chi connectivity index (χ0) is 14.2. The van der Waals surface area contributed by atoms with Crippen molar-refractivity contribution in [3.05, 3.63) is 0 Å². The van der Waals surface area contributed by atoms with Crippen LogP contribution < -0.4 is 0 Å². The predicted octanol–water partition coefficient (Wildman–Crippen LogP) is 5.17.